The minimum absolute atomic E-state index is 0.0164. The van der Waals surface area contributed by atoms with Crippen LogP contribution in [0.3, 0.4) is 0 Å². The van der Waals surface area contributed by atoms with Crippen molar-refractivity contribution >= 4 is 27.8 Å². The van der Waals surface area contributed by atoms with E-state index in [1.165, 1.54) is 12.1 Å². The Morgan fingerprint density at radius 2 is 1.50 bits per heavy atom. The van der Waals surface area contributed by atoms with Crippen molar-refractivity contribution in [3.05, 3.63) is 82.9 Å². The summed E-state index contributed by atoms with van der Waals surface area (Å²) >= 11 is 0. The van der Waals surface area contributed by atoms with E-state index in [4.69, 9.17) is 9.97 Å². The highest BCUT2D eigenvalue weighted by Crippen LogP contribution is 2.31. The number of rotatable bonds is 3. The maximum atomic E-state index is 11.1. The molecule has 0 atom stereocenters. The zero-order valence-corrected chi connectivity index (χ0v) is 14.5. The number of hydrogen-bond acceptors (Lipinski definition) is 5. The van der Waals surface area contributed by atoms with E-state index in [9.17, 15) is 10.1 Å². The summed E-state index contributed by atoms with van der Waals surface area (Å²) in [5.74, 6) is 0.604. The van der Waals surface area contributed by atoms with Crippen LogP contribution in [0.25, 0.3) is 44.8 Å². The fraction of sp³-hybridized carbons (Fsp3) is 0. The Hall–Kier alpha value is -4.13. The van der Waals surface area contributed by atoms with Crippen LogP contribution in [0, 0.1) is 10.1 Å². The highest BCUT2D eigenvalue weighted by atomic mass is 16.6. The van der Waals surface area contributed by atoms with E-state index in [0.717, 1.165) is 16.6 Å². The van der Waals surface area contributed by atoms with Gasteiger partial charge in [-0.1, -0.05) is 42.5 Å². The van der Waals surface area contributed by atoms with Gasteiger partial charge in [0.05, 0.1) is 27.0 Å². The molecule has 0 aliphatic heterocycles. The van der Waals surface area contributed by atoms with E-state index in [1.54, 1.807) is 6.07 Å². The Morgan fingerprint density at radius 1 is 0.750 bits per heavy atom. The number of para-hydroxylation sites is 2. The van der Waals surface area contributed by atoms with Gasteiger partial charge in [0.25, 0.3) is 5.69 Å². The molecule has 134 valence electrons. The van der Waals surface area contributed by atoms with Gasteiger partial charge in [-0.15, -0.1) is 0 Å². The average Bonchev–Trinajstić information content (AvgIpc) is 3.17. The summed E-state index contributed by atoms with van der Waals surface area (Å²) in [6.45, 7) is 0. The molecule has 2 aromatic heterocycles. The maximum absolute atomic E-state index is 11.1. The number of nitro benzene ring substituents is 1. The van der Waals surface area contributed by atoms with Gasteiger partial charge in [0, 0.05) is 17.7 Å². The smallest absolute Gasteiger partial charge is 0.271 e. The summed E-state index contributed by atoms with van der Waals surface area (Å²) in [6, 6.07) is 21.8. The monoisotopic (exact) mass is 367 g/mol. The molecule has 0 aliphatic carbocycles. The normalized spacial score (nSPS) is 11.1. The van der Waals surface area contributed by atoms with E-state index < -0.39 is 4.92 Å². The van der Waals surface area contributed by atoms with Crippen LogP contribution in [0.15, 0.2) is 72.8 Å². The predicted molar refractivity (Wildman–Crippen MR) is 107 cm³/mol. The van der Waals surface area contributed by atoms with Crippen molar-refractivity contribution in [2.45, 2.75) is 0 Å². The number of hydrogen-bond donors (Lipinski definition) is 1. The van der Waals surface area contributed by atoms with E-state index >= 15 is 0 Å². The SMILES string of the molecule is O=[N+]([O-])c1ccc2nc(-c3nc4ccccc4[nH]3)c(-c3ccccc3)nc2c1. The second-order valence-corrected chi connectivity index (χ2v) is 6.32. The number of fused-ring (bicyclic) bond motifs is 2. The number of H-pyrrole nitrogens is 1. The molecule has 0 saturated carbocycles. The Bertz CT molecular complexity index is 1310. The Balaban J connectivity index is 1.81. The van der Waals surface area contributed by atoms with E-state index in [0.29, 0.717) is 28.2 Å². The lowest BCUT2D eigenvalue weighted by atomic mass is 10.1. The van der Waals surface area contributed by atoms with Gasteiger partial charge < -0.3 is 4.98 Å². The largest absolute Gasteiger partial charge is 0.337 e. The Labute approximate surface area is 158 Å². The molecule has 0 unspecified atom stereocenters. The Morgan fingerprint density at radius 3 is 2.29 bits per heavy atom. The van der Waals surface area contributed by atoms with Gasteiger partial charge in [0.2, 0.25) is 0 Å². The molecular formula is C21H13N5O2. The summed E-state index contributed by atoms with van der Waals surface area (Å²) < 4.78 is 0. The number of non-ortho nitro benzene ring substituents is 1. The van der Waals surface area contributed by atoms with E-state index in [-0.39, 0.29) is 5.69 Å². The third kappa shape index (κ3) is 2.66. The van der Waals surface area contributed by atoms with Crippen molar-refractivity contribution in [1.82, 2.24) is 19.9 Å². The van der Waals surface area contributed by atoms with Crippen molar-refractivity contribution in [3.8, 4) is 22.8 Å². The number of benzene rings is 3. The number of imidazole rings is 1. The molecule has 0 radical (unpaired) electrons. The van der Waals surface area contributed by atoms with Gasteiger partial charge in [-0.05, 0) is 18.2 Å². The molecule has 7 nitrogen and oxygen atoms in total. The van der Waals surface area contributed by atoms with Crippen LogP contribution >= 0.6 is 0 Å². The Kier molecular flexibility index (Phi) is 3.58. The zero-order chi connectivity index (χ0) is 19.1. The van der Waals surface area contributed by atoms with Crippen molar-refractivity contribution < 1.29 is 4.92 Å². The van der Waals surface area contributed by atoms with Gasteiger partial charge >= 0.3 is 0 Å². The molecule has 7 heteroatoms. The van der Waals surface area contributed by atoms with E-state index in [2.05, 4.69) is 9.97 Å². The number of aromatic nitrogens is 4. The highest BCUT2D eigenvalue weighted by molar-refractivity contribution is 5.88. The van der Waals surface area contributed by atoms with Gasteiger partial charge in [0.1, 0.15) is 11.4 Å². The molecule has 0 fully saturated rings. The van der Waals surface area contributed by atoms with Crippen LogP contribution in [0.1, 0.15) is 0 Å². The lowest BCUT2D eigenvalue weighted by molar-refractivity contribution is -0.384. The summed E-state index contributed by atoms with van der Waals surface area (Å²) in [5, 5.41) is 11.1. The minimum Gasteiger partial charge on any atom is -0.337 e. The minimum atomic E-state index is -0.434. The zero-order valence-electron chi connectivity index (χ0n) is 14.5. The lowest BCUT2D eigenvalue weighted by Crippen LogP contribution is -1.97. The molecule has 0 aliphatic rings. The topological polar surface area (TPSA) is 97.6 Å². The van der Waals surface area contributed by atoms with Gasteiger partial charge in [-0.25, -0.2) is 15.0 Å². The quantitative estimate of drug-likeness (QED) is 0.367. The second-order valence-electron chi connectivity index (χ2n) is 6.32. The van der Waals surface area contributed by atoms with Crippen LogP contribution in [-0.4, -0.2) is 24.9 Å². The summed E-state index contributed by atoms with van der Waals surface area (Å²) in [7, 11) is 0. The lowest BCUT2D eigenvalue weighted by Gasteiger charge is -2.08. The van der Waals surface area contributed by atoms with Crippen molar-refractivity contribution in [1.29, 1.82) is 0 Å². The first-order chi connectivity index (χ1) is 13.7. The summed E-state index contributed by atoms with van der Waals surface area (Å²) in [4.78, 5) is 28.1. The predicted octanol–water partition coefficient (Wildman–Crippen LogP) is 4.75. The van der Waals surface area contributed by atoms with Gasteiger partial charge in [-0.3, -0.25) is 10.1 Å². The van der Waals surface area contributed by atoms with Gasteiger partial charge in [0.15, 0.2) is 5.82 Å². The molecule has 0 amide bonds. The fourth-order valence-corrected chi connectivity index (χ4v) is 3.18. The first-order valence-corrected chi connectivity index (χ1v) is 8.66. The number of nitro groups is 1. The molecule has 3 aromatic carbocycles. The van der Waals surface area contributed by atoms with Crippen molar-refractivity contribution in [2.24, 2.45) is 0 Å². The number of nitrogens with zero attached hydrogens (tertiary/aromatic N) is 4. The van der Waals surface area contributed by atoms with Crippen LogP contribution in [0.2, 0.25) is 0 Å². The molecule has 1 N–H and O–H groups in total. The first-order valence-electron chi connectivity index (χ1n) is 8.66. The van der Waals surface area contributed by atoms with Gasteiger partial charge in [-0.2, -0.15) is 0 Å². The highest BCUT2D eigenvalue weighted by Gasteiger charge is 2.17. The third-order valence-corrected chi connectivity index (χ3v) is 4.52. The third-order valence-electron chi connectivity index (χ3n) is 4.52. The summed E-state index contributed by atoms with van der Waals surface area (Å²) in [5.41, 5.74) is 4.84. The molecule has 0 bridgehead atoms. The standard InChI is InChI=1S/C21H13N5O2/c27-26(28)14-10-11-17-18(12-14)23-19(13-6-2-1-3-7-13)20(22-17)21-24-15-8-4-5-9-16(15)25-21/h1-12H,(H,24,25). The second kappa shape index (κ2) is 6.24. The van der Waals surface area contributed by atoms with Crippen molar-refractivity contribution in [3.63, 3.8) is 0 Å². The molecule has 2 heterocycles. The average molecular weight is 367 g/mol. The van der Waals surface area contributed by atoms with Crippen LogP contribution in [-0.2, 0) is 0 Å². The maximum Gasteiger partial charge on any atom is 0.271 e. The molecule has 0 saturated heterocycles. The van der Waals surface area contributed by atoms with Crippen molar-refractivity contribution in [2.75, 3.05) is 0 Å². The van der Waals surface area contributed by atoms with Crippen LogP contribution in [0.5, 0.6) is 0 Å². The van der Waals surface area contributed by atoms with Crippen LogP contribution < -0.4 is 0 Å². The van der Waals surface area contributed by atoms with E-state index in [1.807, 2.05) is 54.6 Å². The number of aromatic amines is 1. The molecule has 28 heavy (non-hydrogen) atoms. The molecular weight excluding hydrogens is 354 g/mol. The molecule has 5 aromatic rings. The first kappa shape index (κ1) is 16.1. The van der Waals surface area contributed by atoms with Crippen LogP contribution in [0.4, 0.5) is 5.69 Å². The molecule has 5 rings (SSSR count). The number of nitrogens with one attached hydrogen (secondary N) is 1. The fourth-order valence-electron chi connectivity index (χ4n) is 3.18. The summed E-state index contributed by atoms with van der Waals surface area (Å²) in [6.07, 6.45) is 0. The molecule has 0 spiro atoms.